The lowest BCUT2D eigenvalue weighted by Crippen LogP contribution is -2.40. The monoisotopic (exact) mass is 343 g/mol. The van der Waals surface area contributed by atoms with Crippen LogP contribution in [0, 0.1) is 5.92 Å². The van der Waals surface area contributed by atoms with Gasteiger partial charge in [0.05, 0.1) is 18.3 Å². The molecule has 0 aliphatic heterocycles. The van der Waals surface area contributed by atoms with Crippen molar-refractivity contribution in [3.8, 4) is 5.75 Å². The fraction of sp³-hybridized carbons (Fsp3) is 0.571. The molecule has 1 heterocycles. The molecule has 4 nitrogen and oxygen atoms in total. The molecule has 0 saturated heterocycles. The molecule has 4 heteroatoms. The topological polar surface area (TPSA) is 37.4 Å². The Morgan fingerprint density at radius 3 is 2.60 bits per heavy atom. The number of ether oxygens (including phenoxy) is 1. The molecule has 0 atom stereocenters. The Morgan fingerprint density at radius 1 is 1.20 bits per heavy atom. The Bertz CT molecular complexity index is 653. The number of hydrogen-bond acceptors (Lipinski definition) is 4. The highest BCUT2D eigenvalue weighted by molar-refractivity contribution is 5.91. The van der Waals surface area contributed by atoms with E-state index >= 15 is 0 Å². The van der Waals surface area contributed by atoms with Crippen molar-refractivity contribution in [2.24, 2.45) is 5.92 Å². The molecule has 25 heavy (non-hydrogen) atoms. The van der Waals surface area contributed by atoms with E-state index in [1.54, 1.807) is 7.11 Å². The van der Waals surface area contributed by atoms with Crippen LogP contribution in [0.3, 0.4) is 0 Å². The zero-order valence-corrected chi connectivity index (χ0v) is 16.4. The molecule has 0 aliphatic carbocycles. The molecule has 0 bridgehead atoms. The summed E-state index contributed by atoms with van der Waals surface area (Å²) >= 11 is 0. The van der Waals surface area contributed by atoms with Crippen molar-refractivity contribution in [2.75, 3.05) is 32.1 Å². The van der Waals surface area contributed by atoms with Gasteiger partial charge in [-0.1, -0.05) is 33.8 Å². The van der Waals surface area contributed by atoms with E-state index in [-0.39, 0.29) is 0 Å². The first kappa shape index (κ1) is 19.5. The van der Waals surface area contributed by atoms with Gasteiger partial charge in [0.1, 0.15) is 5.75 Å². The van der Waals surface area contributed by atoms with E-state index in [9.17, 15) is 0 Å². The summed E-state index contributed by atoms with van der Waals surface area (Å²) in [4.78, 5) is 7.16. The first-order valence-corrected chi connectivity index (χ1v) is 9.49. The molecule has 2 aromatic rings. The molecule has 0 amide bonds. The third-order valence-electron chi connectivity index (χ3n) is 4.69. The summed E-state index contributed by atoms with van der Waals surface area (Å²) < 4.78 is 5.44. The largest absolute Gasteiger partial charge is 0.497 e. The molecule has 1 aromatic heterocycles. The SMILES string of the molecule is CCC(CC)N(CCNc1cc(OC)cc2cccnc12)CC(C)C. The molecule has 0 saturated carbocycles. The van der Waals surface area contributed by atoms with Crippen LogP contribution in [-0.4, -0.2) is 42.7 Å². The molecule has 0 radical (unpaired) electrons. The van der Waals surface area contributed by atoms with Gasteiger partial charge in [0.2, 0.25) is 0 Å². The zero-order valence-electron chi connectivity index (χ0n) is 16.4. The number of fused-ring (bicyclic) bond motifs is 1. The van der Waals surface area contributed by atoms with Crippen molar-refractivity contribution in [2.45, 2.75) is 46.6 Å². The number of pyridine rings is 1. The number of benzene rings is 1. The molecular formula is C21H33N3O. The van der Waals surface area contributed by atoms with Crippen molar-refractivity contribution in [1.29, 1.82) is 0 Å². The number of hydrogen-bond donors (Lipinski definition) is 1. The normalized spacial score (nSPS) is 11.7. The summed E-state index contributed by atoms with van der Waals surface area (Å²) in [5.74, 6) is 1.54. The van der Waals surface area contributed by atoms with E-state index in [2.05, 4.69) is 49.0 Å². The van der Waals surface area contributed by atoms with Crippen LogP contribution in [0.4, 0.5) is 5.69 Å². The Balaban J connectivity index is 2.10. The van der Waals surface area contributed by atoms with Crippen molar-refractivity contribution < 1.29 is 4.74 Å². The zero-order chi connectivity index (χ0) is 18.2. The summed E-state index contributed by atoms with van der Waals surface area (Å²) in [7, 11) is 1.71. The number of rotatable bonds is 10. The first-order chi connectivity index (χ1) is 12.1. The molecule has 0 fully saturated rings. The van der Waals surface area contributed by atoms with Gasteiger partial charge in [0.15, 0.2) is 0 Å². The minimum Gasteiger partial charge on any atom is -0.497 e. The molecule has 0 spiro atoms. The minimum atomic E-state index is 0.657. The summed E-state index contributed by atoms with van der Waals surface area (Å²) in [5, 5.41) is 4.69. The van der Waals surface area contributed by atoms with Crippen molar-refractivity contribution in [3.05, 3.63) is 30.5 Å². The number of anilines is 1. The van der Waals surface area contributed by atoms with Crippen LogP contribution in [-0.2, 0) is 0 Å². The van der Waals surface area contributed by atoms with E-state index in [0.717, 1.165) is 42.0 Å². The van der Waals surface area contributed by atoms with Gasteiger partial charge >= 0.3 is 0 Å². The summed E-state index contributed by atoms with van der Waals surface area (Å²) in [6.45, 7) is 12.2. The Kier molecular flexibility index (Phi) is 7.51. The molecule has 0 aliphatic rings. The average Bonchev–Trinajstić information content (AvgIpc) is 2.61. The van der Waals surface area contributed by atoms with E-state index in [0.29, 0.717) is 12.0 Å². The van der Waals surface area contributed by atoms with Crippen LogP contribution in [0.5, 0.6) is 5.75 Å². The fourth-order valence-electron chi connectivity index (χ4n) is 3.45. The number of nitrogens with one attached hydrogen (secondary N) is 1. The summed E-state index contributed by atoms with van der Waals surface area (Å²) in [5.41, 5.74) is 2.05. The second-order valence-corrected chi connectivity index (χ2v) is 7.04. The standard InChI is InChI=1S/C21H33N3O/c1-6-18(7-2)24(15-16(3)4)12-11-22-20-14-19(25-5)13-17-9-8-10-23-21(17)20/h8-10,13-14,16,18,22H,6-7,11-12,15H2,1-5H3. The van der Waals surface area contributed by atoms with Gasteiger partial charge in [-0.05, 0) is 30.9 Å². The van der Waals surface area contributed by atoms with Gasteiger partial charge in [0, 0.05) is 43.3 Å². The van der Waals surface area contributed by atoms with Crippen LogP contribution in [0.2, 0.25) is 0 Å². The number of aromatic nitrogens is 1. The molecule has 138 valence electrons. The molecule has 2 rings (SSSR count). The Morgan fingerprint density at radius 2 is 1.96 bits per heavy atom. The van der Waals surface area contributed by atoms with Gasteiger partial charge in [-0.25, -0.2) is 0 Å². The molecule has 1 aromatic carbocycles. The van der Waals surface area contributed by atoms with Gasteiger partial charge in [-0.2, -0.15) is 0 Å². The van der Waals surface area contributed by atoms with E-state index in [1.165, 1.54) is 12.8 Å². The second kappa shape index (κ2) is 9.62. The number of nitrogens with zero attached hydrogens (tertiary/aromatic N) is 2. The lowest BCUT2D eigenvalue weighted by molar-refractivity contribution is 0.172. The van der Waals surface area contributed by atoms with Crippen molar-refractivity contribution >= 4 is 16.6 Å². The smallest absolute Gasteiger partial charge is 0.121 e. The average molecular weight is 344 g/mol. The summed E-state index contributed by atoms with van der Waals surface area (Å²) in [6.07, 6.45) is 4.25. The second-order valence-electron chi connectivity index (χ2n) is 7.04. The van der Waals surface area contributed by atoms with Crippen LogP contribution in [0.1, 0.15) is 40.5 Å². The third-order valence-corrected chi connectivity index (χ3v) is 4.69. The van der Waals surface area contributed by atoms with Crippen LogP contribution in [0.15, 0.2) is 30.5 Å². The van der Waals surface area contributed by atoms with Crippen LogP contribution >= 0.6 is 0 Å². The minimum absolute atomic E-state index is 0.657. The Labute approximate surface area is 152 Å². The highest BCUT2D eigenvalue weighted by Crippen LogP contribution is 2.27. The van der Waals surface area contributed by atoms with Crippen LogP contribution in [0.25, 0.3) is 10.9 Å². The third kappa shape index (κ3) is 5.33. The molecule has 0 unspecified atom stereocenters. The maximum Gasteiger partial charge on any atom is 0.121 e. The lowest BCUT2D eigenvalue weighted by Gasteiger charge is -2.32. The molecular weight excluding hydrogens is 310 g/mol. The van der Waals surface area contributed by atoms with Crippen molar-refractivity contribution in [3.63, 3.8) is 0 Å². The molecule has 1 N–H and O–H groups in total. The quantitative estimate of drug-likeness (QED) is 0.672. The Hall–Kier alpha value is -1.81. The lowest BCUT2D eigenvalue weighted by atomic mass is 10.1. The fourth-order valence-corrected chi connectivity index (χ4v) is 3.45. The van der Waals surface area contributed by atoms with Crippen LogP contribution < -0.4 is 10.1 Å². The first-order valence-electron chi connectivity index (χ1n) is 9.49. The maximum absolute atomic E-state index is 5.44. The maximum atomic E-state index is 5.44. The van der Waals surface area contributed by atoms with E-state index in [1.807, 2.05) is 24.4 Å². The predicted octanol–water partition coefficient (Wildman–Crippen LogP) is 4.80. The van der Waals surface area contributed by atoms with Crippen molar-refractivity contribution in [1.82, 2.24) is 9.88 Å². The van der Waals surface area contributed by atoms with Gasteiger partial charge < -0.3 is 10.1 Å². The predicted molar refractivity (Wildman–Crippen MR) is 108 cm³/mol. The number of methoxy groups -OCH3 is 1. The highest BCUT2D eigenvalue weighted by atomic mass is 16.5. The highest BCUT2D eigenvalue weighted by Gasteiger charge is 2.16. The van der Waals surface area contributed by atoms with E-state index in [4.69, 9.17) is 4.74 Å². The van der Waals surface area contributed by atoms with Gasteiger partial charge in [-0.15, -0.1) is 0 Å². The van der Waals surface area contributed by atoms with Gasteiger partial charge in [-0.3, -0.25) is 9.88 Å². The summed E-state index contributed by atoms with van der Waals surface area (Å²) in [6, 6.07) is 8.76. The van der Waals surface area contributed by atoms with Gasteiger partial charge in [0.25, 0.3) is 0 Å². The van der Waals surface area contributed by atoms with E-state index < -0.39 is 0 Å².